The number of carbonyl (C=O) groups excluding carboxylic acids is 2. The van der Waals surface area contributed by atoms with Gasteiger partial charge in [-0.2, -0.15) is 5.10 Å². The molecule has 2 amide bonds. The fourth-order valence-corrected chi connectivity index (χ4v) is 4.88. The van der Waals surface area contributed by atoms with E-state index in [1.165, 1.54) is 11.3 Å². The number of carbonyl (C=O) groups is 2. The summed E-state index contributed by atoms with van der Waals surface area (Å²) < 4.78 is 0. The van der Waals surface area contributed by atoms with E-state index in [0.717, 1.165) is 23.4 Å². The Labute approximate surface area is 209 Å². The van der Waals surface area contributed by atoms with Gasteiger partial charge in [0.05, 0.1) is 36.0 Å². The summed E-state index contributed by atoms with van der Waals surface area (Å²) in [5.41, 5.74) is 4.13. The zero-order valence-electron chi connectivity index (χ0n) is 18.1. The highest BCUT2D eigenvalue weighted by molar-refractivity contribution is 7.16. The average Bonchev–Trinajstić information content (AvgIpc) is 3.41. The Morgan fingerprint density at radius 3 is 2.45 bits per heavy atom. The normalized spacial score (nSPS) is 11.6. The second-order valence-corrected chi connectivity index (χ2v) is 10.1. The van der Waals surface area contributed by atoms with Crippen LogP contribution in [0.1, 0.15) is 31.8 Å². The van der Waals surface area contributed by atoms with Crippen LogP contribution < -0.4 is 10.7 Å². The Morgan fingerprint density at radius 2 is 1.79 bits per heavy atom. The quantitative estimate of drug-likeness (QED) is 0.287. The first-order chi connectivity index (χ1) is 15.7. The number of amides is 2. The van der Waals surface area contributed by atoms with Crippen LogP contribution in [-0.2, 0) is 0 Å². The SMILES string of the molecule is CC(=NNC(=O)c1ccc(C(=O)NCCN(C)C)s1)c1csc(-c2ccc(Cl)c(Cl)c2)c1O. The maximum atomic E-state index is 12.5. The maximum Gasteiger partial charge on any atom is 0.281 e. The third-order valence-corrected chi connectivity index (χ3v) is 7.40. The van der Waals surface area contributed by atoms with Gasteiger partial charge in [0.2, 0.25) is 0 Å². The molecule has 0 atom stereocenters. The van der Waals surface area contributed by atoms with Gasteiger partial charge in [-0.1, -0.05) is 29.3 Å². The molecule has 0 unspecified atom stereocenters. The van der Waals surface area contributed by atoms with E-state index < -0.39 is 5.91 Å². The van der Waals surface area contributed by atoms with E-state index in [2.05, 4.69) is 15.8 Å². The first kappa shape index (κ1) is 25.2. The van der Waals surface area contributed by atoms with Gasteiger partial charge >= 0.3 is 0 Å². The zero-order chi connectivity index (χ0) is 24.1. The van der Waals surface area contributed by atoms with Crippen LogP contribution in [0.15, 0.2) is 40.8 Å². The van der Waals surface area contributed by atoms with Crippen molar-refractivity contribution in [2.75, 3.05) is 27.2 Å². The summed E-state index contributed by atoms with van der Waals surface area (Å²) in [5.74, 6) is -0.619. The maximum absolute atomic E-state index is 12.5. The molecule has 11 heteroatoms. The van der Waals surface area contributed by atoms with E-state index in [1.54, 1.807) is 42.6 Å². The molecular formula is C22H22Cl2N4O3S2. The second kappa shape index (κ2) is 11.1. The summed E-state index contributed by atoms with van der Waals surface area (Å²) in [6, 6.07) is 8.30. The van der Waals surface area contributed by atoms with E-state index in [-0.39, 0.29) is 11.7 Å². The van der Waals surface area contributed by atoms with Gasteiger partial charge in [0.1, 0.15) is 5.75 Å². The Hall–Kier alpha value is -2.43. The van der Waals surface area contributed by atoms with Crippen LogP contribution in [0.5, 0.6) is 5.75 Å². The summed E-state index contributed by atoms with van der Waals surface area (Å²) >= 11 is 14.5. The van der Waals surface area contributed by atoms with Crippen molar-refractivity contribution in [1.29, 1.82) is 0 Å². The number of likely N-dealkylation sites (N-methyl/N-ethyl adjacent to an activating group) is 1. The topological polar surface area (TPSA) is 94.0 Å². The monoisotopic (exact) mass is 524 g/mol. The number of thiophene rings is 2. The second-order valence-electron chi connectivity index (χ2n) is 7.32. The Balaban J connectivity index is 1.66. The predicted octanol–water partition coefficient (Wildman–Crippen LogP) is 4.93. The van der Waals surface area contributed by atoms with Gasteiger partial charge in [0.15, 0.2) is 0 Å². The lowest BCUT2D eigenvalue weighted by atomic mass is 10.1. The van der Waals surface area contributed by atoms with E-state index >= 15 is 0 Å². The summed E-state index contributed by atoms with van der Waals surface area (Å²) in [7, 11) is 3.85. The van der Waals surface area contributed by atoms with Crippen LogP contribution in [0.25, 0.3) is 10.4 Å². The standard InChI is InChI=1S/C22H22Cl2N4O3S2/c1-12(14-11-32-20(19(14)29)13-4-5-15(23)16(24)10-13)26-27-22(31)18-7-6-17(33-18)21(30)25-8-9-28(2)3/h4-7,10-11,29H,8-9H2,1-3H3,(H,25,30)(H,27,31). The molecule has 3 rings (SSSR count). The molecule has 0 bridgehead atoms. The molecule has 3 N–H and O–H groups in total. The smallest absolute Gasteiger partial charge is 0.281 e. The van der Waals surface area contributed by atoms with Gasteiger partial charge in [-0.15, -0.1) is 22.7 Å². The predicted molar refractivity (Wildman–Crippen MR) is 136 cm³/mol. The summed E-state index contributed by atoms with van der Waals surface area (Å²) in [5, 5.41) is 20.2. The highest BCUT2D eigenvalue weighted by atomic mass is 35.5. The number of rotatable bonds is 8. The Morgan fingerprint density at radius 1 is 1.09 bits per heavy atom. The number of hydrogen-bond acceptors (Lipinski definition) is 7. The van der Waals surface area contributed by atoms with Crippen molar-refractivity contribution >= 4 is 63.4 Å². The van der Waals surface area contributed by atoms with Crippen LogP contribution in [0.4, 0.5) is 0 Å². The fourth-order valence-electron chi connectivity index (χ4n) is 2.76. The first-order valence-corrected chi connectivity index (χ1v) is 12.3. The molecule has 3 aromatic rings. The fraction of sp³-hybridized carbons (Fsp3) is 0.227. The third kappa shape index (κ3) is 6.33. The largest absolute Gasteiger partial charge is 0.506 e. The zero-order valence-corrected chi connectivity index (χ0v) is 21.3. The van der Waals surface area contributed by atoms with Crippen LogP contribution in [0.3, 0.4) is 0 Å². The third-order valence-electron chi connectivity index (χ3n) is 4.56. The molecule has 33 heavy (non-hydrogen) atoms. The van der Waals surface area contributed by atoms with Crippen LogP contribution >= 0.6 is 45.9 Å². The molecule has 0 saturated heterocycles. The van der Waals surface area contributed by atoms with E-state index in [9.17, 15) is 14.7 Å². The van der Waals surface area contributed by atoms with Crippen molar-refractivity contribution in [2.24, 2.45) is 5.10 Å². The molecule has 0 aliphatic heterocycles. The lowest BCUT2D eigenvalue weighted by Crippen LogP contribution is -2.30. The van der Waals surface area contributed by atoms with E-state index in [0.29, 0.717) is 42.5 Å². The summed E-state index contributed by atoms with van der Waals surface area (Å²) in [6.45, 7) is 2.92. The van der Waals surface area contributed by atoms with Gasteiger partial charge in [0.25, 0.3) is 11.8 Å². The van der Waals surface area contributed by atoms with Crippen molar-refractivity contribution in [1.82, 2.24) is 15.6 Å². The minimum Gasteiger partial charge on any atom is -0.506 e. The molecule has 0 fully saturated rings. The van der Waals surface area contributed by atoms with Gasteiger partial charge in [0, 0.05) is 18.5 Å². The van der Waals surface area contributed by atoms with Crippen LogP contribution in [-0.4, -0.2) is 54.7 Å². The molecule has 174 valence electrons. The molecular weight excluding hydrogens is 503 g/mol. The van der Waals surface area contributed by atoms with Crippen molar-refractivity contribution < 1.29 is 14.7 Å². The highest BCUT2D eigenvalue weighted by Gasteiger charge is 2.17. The van der Waals surface area contributed by atoms with Crippen molar-refractivity contribution in [3.63, 3.8) is 0 Å². The van der Waals surface area contributed by atoms with Crippen molar-refractivity contribution in [3.05, 3.63) is 61.1 Å². The Bertz CT molecular complexity index is 1200. The van der Waals surface area contributed by atoms with Crippen molar-refractivity contribution in [2.45, 2.75) is 6.92 Å². The molecule has 2 heterocycles. The number of halogens is 2. The minimum absolute atomic E-state index is 0.0432. The molecule has 0 radical (unpaired) electrons. The summed E-state index contributed by atoms with van der Waals surface area (Å²) in [6.07, 6.45) is 0. The van der Waals surface area contributed by atoms with Crippen LogP contribution in [0, 0.1) is 0 Å². The number of benzene rings is 1. The van der Waals surface area contributed by atoms with Gasteiger partial charge in [-0.05, 0) is 50.8 Å². The molecule has 0 saturated carbocycles. The van der Waals surface area contributed by atoms with Gasteiger partial charge < -0.3 is 15.3 Å². The summed E-state index contributed by atoms with van der Waals surface area (Å²) in [4.78, 5) is 28.0. The Kier molecular flexibility index (Phi) is 8.50. The molecule has 1 aromatic carbocycles. The minimum atomic E-state index is -0.439. The number of hydrazone groups is 1. The van der Waals surface area contributed by atoms with Crippen LogP contribution in [0.2, 0.25) is 10.0 Å². The molecule has 0 aliphatic carbocycles. The highest BCUT2D eigenvalue weighted by Crippen LogP contribution is 2.40. The van der Waals surface area contributed by atoms with Crippen molar-refractivity contribution in [3.8, 4) is 16.2 Å². The number of nitrogens with zero attached hydrogens (tertiary/aromatic N) is 2. The first-order valence-electron chi connectivity index (χ1n) is 9.81. The number of nitrogens with one attached hydrogen (secondary N) is 2. The molecule has 0 spiro atoms. The lowest BCUT2D eigenvalue weighted by molar-refractivity contribution is 0.0950. The lowest BCUT2D eigenvalue weighted by Gasteiger charge is -2.09. The molecule has 7 nitrogen and oxygen atoms in total. The van der Waals surface area contributed by atoms with Gasteiger partial charge in [-0.3, -0.25) is 9.59 Å². The molecule has 2 aromatic heterocycles. The van der Waals surface area contributed by atoms with E-state index in [1.807, 2.05) is 19.0 Å². The van der Waals surface area contributed by atoms with Gasteiger partial charge in [-0.25, -0.2) is 5.43 Å². The van der Waals surface area contributed by atoms with E-state index in [4.69, 9.17) is 23.2 Å². The number of hydrogen-bond donors (Lipinski definition) is 3. The number of aromatic hydroxyl groups is 1. The molecule has 0 aliphatic rings. The average molecular weight is 525 g/mol.